The van der Waals surface area contributed by atoms with Crippen molar-refractivity contribution in [1.29, 1.82) is 0 Å². The second-order valence-corrected chi connectivity index (χ2v) is 5.44. The summed E-state index contributed by atoms with van der Waals surface area (Å²) < 4.78 is 0. The third kappa shape index (κ3) is 3.26. The summed E-state index contributed by atoms with van der Waals surface area (Å²) in [5.41, 5.74) is 8.45. The Bertz CT molecular complexity index is 358. The van der Waals surface area contributed by atoms with E-state index in [1.807, 2.05) is 5.38 Å². The van der Waals surface area contributed by atoms with E-state index in [-0.39, 0.29) is 11.4 Å². The standard InChI is InChI=1S/C12H19N3OS/c13-8-12(5-1-2-6-12)15-11(16)4-3-10-7-17-9-14-10/h7,9H,1-6,8,13H2,(H,15,16). The van der Waals surface area contributed by atoms with E-state index >= 15 is 0 Å². The summed E-state index contributed by atoms with van der Waals surface area (Å²) in [6.45, 7) is 0.551. The Morgan fingerprint density at radius 2 is 2.29 bits per heavy atom. The highest BCUT2D eigenvalue weighted by Gasteiger charge is 2.33. The minimum atomic E-state index is -0.126. The normalized spacial score (nSPS) is 18.2. The second-order valence-electron chi connectivity index (χ2n) is 4.72. The molecule has 0 aliphatic heterocycles. The Morgan fingerprint density at radius 3 is 2.88 bits per heavy atom. The van der Waals surface area contributed by atoms with Crippen molar-refractivity contribution >= 4 is 17.2 Å². The number of carbonyl (C=O) groups excluding carboxylic acids is 1. The minimum absolute atomic E-state index is 0.102. The van der Waals surface area contributed by atoms with Crippen LogP contribution < -0.4 is 11.1 Å². The molecule has 0 atom stereocenters. The molecular formula is C12H19N3OS. The zero-order valence-electron chi connectivity index (χ0n) is 9.95. The predicted octanol–water partition coefficient (Wildman–Crippen LogP) is 1.46. The van der Waals surface area contributed by atoms with E-state index < -0.39 is 0 Å². The number of aromatic nitrogens is 1. The van der Waals surface area contributed by atoms with E-state index in [2.05, 4.69) is 10.3 Å². The van der Waals surface area contributed by atoms with Gasteiger partial charge in [0.05, 0.1) is 16.7 Å². The molecule has 5 heteroatoms. The van der Waals surface area contributed by atoms with Gasteiger partial charge in [0.2, 0.25) is 5.91 Å². The first-order valence-corrected chi connectivity index (χ1v) is 7.06. The molecular weight excluding hydrogens is 234 g/mol. The average Bonchev–Trinajstić information content (AvgIpc) is 2.98. The Kier molecular flexibility index (Phi) is 4.12. The molecule has 17 heavy (non-hydrogen) atoms. The van der Waals surface area contributed by atoms with Crippen molar-refractivity contribution in [1.82, 2.24) is 10.3 Å². The number of carbonyl (C=O) groups is 1. The van der Waals surface area contributed by atoms with Crippen LogP contribution >= 0.6 is 11.3 Å². The molecule has 1 amide bonds. The molecule has 0 bridgehead atoms. The fraction of sp³-hybridized carbons (Fsp3) is 0.667. The molecule has 3 N–H and O–H groups in total. The molecule has 94 valence electrons. The van der Waals surface area contributed by atoms with Crippen molar-refractivity contribution in [3.63, 3.8) is 0 Å². The lowest BCUT2D eigenvalue weighted by Crippen LogP contribution is -2.51. The van der Waals surface area contributed by atoms with Gasteiger partial charge in [0.25, 0.3) is 0 Å². The van der Waals surface area contributed by atoms with Crippen LogP contribution in [0.25, 0.3) is 0 Å². The molecule has 1 heterocycles. The number of amides is 1. The zero-order valence-corrected chi connectivity index (χ0v) is 10.8. The lowest BCUT2D eigenvalue weighted by Gasteiger charge is -2.28. The third-order valence-corrected chi connectivity index (χ3v) is 4.08. The first-order valence-electron chi connectivity index (χ1n) is 6.12. The monoisotopic (exact) mass is 253 g/mol. The summed E-state index contributed by atoms with van der Waals surface area (Å²) in [7, 11) is 0. The Hall–Kier alpha value is -0.940. The highest BCUT2D eigenvalue weighted by molar-refractivity contribution is 7.07. The molecule has 1 aliphatic rings. The van der Waals surface area contributed by atoms with Gasteiger partial charge in [-0.2, -0.15) is 0 Å². The van der Waals surface area contributed by atoms with E-state index in [9.17, 15) is 4.79 Å². The third-order valence-electron chi connectivity index (χ3n) is 3.45. The van der Waals surface area contributed by atoms with Crippen LogP contribution in [0.4, 0.5) is 0 Å². The van der Waals surface area contributed by atoms with Gasteiger partial charge < -0.3 is 11.1 Å². The highest BCUT2D eigenvalue weighted by atomic mass is 32.1. The fourth-order valence-corrected chi connectivity index (χ4v) is 2.99. The number of aryl methyl sites for hydroxylation is 1. The van der Waals surface area contributed by atoms with Crippen LogP contribution in [0.2, 0.25) is 0 Å². The number of thiazole rings is 1. The van der Waals surface area contributed by atoms with Crippen LogP contribution in [0, 0.1) is 0 Å². The van der Waals surface area contributed by atoms with E-state index in [1.54, 1.807) is 16.8 Å². The lowest BCUT2D eigenvalue weighted by molar-refractivity contribution is -0.122. The van der Waals surface area contributed by atoms with Crippen molar-refractivity contribution in [2.75, 3.05) is 6.54 Å². The van der Waals surface area contributed by atoms with E-state index in [0.717, 1.165) is 25.0 Å². The Labute approximate surface area is 106 Å². The summed E-state index contributed by atoms with van der Waals surface area (Å²) in [6, 6.07) is 0. The van der Waals surface area contributed by atoms with Crippen LogP contribution in [0.3, 0.4) is 0 Å². The van der Waals surface area contributed by atoms with Crippen molar-refractivity contribution in [3.8, 4) is 0 Å². The van der Waals surface area contributed by atoms with Gasteiger partial charge >= 0.3 is 0 Å². The van der Waals surface area contributed by atoms with Crippen LogP contribution in [-0.2, 0) is 11.2 Å². The maximum Gasteiger partial charge on any atom is 0.220 e. The number of hydrogen-bond acceptors (Lipinski definition) is 4. The van der Waals surface area contributed by atoms with Gasteiger partial charge in [-0.05, 0) is 19.3 Å². The maximum atomic E-state index is 11.9. The van der Waals surface area contributed by atoms with E-state index in [1.165, 1.54) is 12.8 Å². The molecule has 0 saturated heterocycles. The molecule has 0 aromatic carbocycles. The second kappa shape index (κ2) is 5.60. The lowest BCUT2D eigenvalue weighted by atomic mass is 9.97. The molecule has 4 nitrogen and oxygen atoms in total. The highest BCUT2D eigenvalue weighted by Crippen LogP contribution is 2.28. The van der Waals surface area contributed by atoms with Gasteiger partial charge in [-0.3, -0.25) is 4.79 Å². The molecule has 1 fully saturated rings. The van der Waals surface area contributed by atoms with Crippen LogP contribution in [0.1, 0.15) is 37.8 Å². The summed E-state index contributed by atoms with van der Waals surface area (Å²) in [5.74, 6) is 0.102. The largest absolute Gasteiger partial charge is 0.349 e. The SMILES string of the molecule is NCC1(NC(=O)CCc2cscn2)CCCC1. The quantitative estimate of drug-likeness (QED) is 0.835. The molecule has 1 aromatic rings. The van der Waals surface area contributed by atoms with Crippen molar-refractivity contribution < 1.29 is 4.79 Å². The molecule has 1 saturated carbocycles. The molecule has 2 rings (SSSR count). The van der Waals surface area contributed by atoms with Crippen LogP contribution in [-0.4, -0.2) is 23.0 Å². The van der Waals surface area contributed by atoms with Crippen molar-refractivity contribution in [2.24, 2.45) is 5.73 Å². The van der Waals surface area contributed by atoms with Gasteiger partial charge in [0, 0.05) is 18.3 Å². The Morgan fingerprint density at radius 1 is 1.53 bits per heavy atom. The van der Waals surface area contributed by atoms with Crippen molar-refractivity contribution in [2.45, 2.75) is 44.1 Å². The summed E-state index contributed by atoms with van der Waals surface area (Å²) in [5, 5.41) is 5.10. The number of nitrogens with one attached hydrogen (secondary N) is 1. The summed E-state index contributed by atoms with van der Waals surface area (Å²) in [4.78, 5) is 16.0. The van der Waals surface area contributed by atoms with E-state index in [4.69, 9.17) is 5.73 Å². The first-order chi connectivity index (χ1) is 8.24. The summed E-state index contributed by atoms with van der Waals surface area (Å²) >= 11 is 1.57. The van der Waals surface area contributed by atoms with Crippen molar-refractivity contribution in [3.05, 3.63) is 16.6 Å². The summed E-state index contributed by atoms with van der Waals surface area (Å²) in [6.07, 6.45) is 5.60. The van der Waals surface area contributed by atoms with Gasteiger partial charge in [0.1, 0.15) is 0 Å². The van der Waals surface area contributed by atoms with Crippen LogP contribution in [0.5, 0.6) is 0 Å². The topological polar surface area (TPSA) is 68.0 Å². The smallest absolute Gasteiger partial charge is 0.220 e. The zero-order chi connectivity index (χ0) is 12.1. The van der Waals surface area contributed by atoms with E-state index in [0.29, 0.717) is 13.0 Å². The molecule has 1 aliphatic carbocycles. The predicted molar refractivity (Wildman–Crippen MR) is 68.8 cm³/mol. The number of hydrogen-bond donors (Lipinski definition) is 2. The van der Waals surface area contributed by atoms with Crippen LogP contribution in [0.15, 0.2) is 10.9 Å². The molecule has 1 aromatic heterocycles. The van der Waals surface area contributed by atoms with Gasteiger partial charge in [-0.15, -0.1) is 11.3 Å². The Balaban J connectivity index is 1.80. The number of rotatable bonds is 5. The van der Waals surface area contributed by atoms with Gasteiger partial charge in [-0.1, -0.05) is 12.8 Å². The first kappa shape index (κ1) is 12.5. The minimum Gasteiger partial charge on any atom is -0.349 e. The molecule has 0 spiro atoms. The van der Waals surface area contributed by atoms with Gasteiger partial charge in [-0.25, -0.2) is 4.98 Å². The average molecular weight is 253 g/mol. The molecule has 0 unspecified atom stereocenters. The molecule has 0 radical (unpaired) electrons. The number of nitrogens with zero attached hydrogens (tertiary/aromatic N) is 1. The maximum absolute atomic E-state index is 11.9. The van der Waals surface area contributed by atoms with Gasteiger partial charge in [0.15, 0.2) is 0 Å². The fourth-order valence-electron chi connectivity index (χ4n) is 2.39. The number of nitrogens with two attached hydrogens (primary N) is 1.